The van der Waals surface area contributed by atoms with E-state index in [4.69, 9.17) is 0 Å². The molecule has 0 saturated carbocycles. The van der Waals surface area contributed by atoms with Crippen molar-refractivity contribution < 1.29 is 0 Å². The second-order valence-corrected chi connectivity index (χ2v) is 6.31. The van der Waals surface area contributed by atoms with Crippen LogP contribution in [0.5, 0.6) is 0 Å². The molecule has 2 rings (SSSR count). The number of aliphatic imine (C=N–C) groups is 1. The van der Waals surface area contributed by atoms with Crippen LogP contribution in [0, 0.1) is 0 Å². The Labute approximate surface area is 108 Å². The maximum absolute atomic E-state index is 4.38. The molecule has 1 aliphatic rings. The van der Waals surface area contributed by atoms with E-state index in [1.165, 1.54) is 11.1 Å². The smallest absolute Gasteiger partial charge is 0.157 e. The van der Waals surface area contributed by atoms with Gasteiger partial charge in [-0.2, -0.15) is 0 Å². The van der Waals surface area contributed by atoms with Crippen molar-refractivity contribution in [2.24, 2.45) is 4.99 Å². The fourth-order valence-corrected chi connectivity index (χ4v) is 2.61. The molecule has 2 nitrogen and oxygen atoms in total. The summed E-state index contributed by atoms with van der Waals surface area (Å²) in [4.78, 5) is 4.38. The lowest BCUT2D eigenvalue weighted by Gasteiger charge is -2.19. The molecular weight excluding hydrogens is 228 g/mol. The Kier molecular flexibility index (Phi) is 3.77. The molecule has 0 saturated heterocycles. The van der Waals surface area contributed by atoms with Gasteiger partial charge in [-0.15, -0.1) is 0 Å². The van der Waals surface area contributed by atoms with E-state index in [-0.39, 0.29) is 5.41 Å². The third-order valence-corrected chi connectivity index (χ3v) is 3.86. The summed E-state index contributed by atoms with van der Waals surface area (Å²) in [5, 5.41) is 4.36. The van der Waals surface area contributed by atoms with Crippen molar-refractivity contribution in [1.82, 2.24) is 5.32 Å². The lowest BCUT2D eigenvalue weighted by molar-refractivity contribution is 0.590. The first-order valence-corrected chi connectivity index (χ1v) is 7.05. The summed E-state index contributed by atoms with van der Waals surface area (Å²) in [5.41, 5.74) is 2.99. The summed E-state index contributed by atoms with van der Waals surface area (Å²) in [6, 6.07) is 8.92. The number of benzene rings is 1. The van der Waals surface area contributed by atoms with Crippen LogP contribution in [0.4, 0.5) is 0 Å². The zero-order valence-electron chi connectivity index (χ0n) is 10.8. The van der Waals surface area contributed by atoms with Crippen LogP contribution in [-0.2, 0) is 11.2 Å². The van der Waals surface area contributed by atoms with E-state index in [2.05, 4.69) is 55.3 Å². The van der Waals surface area contributed by atoms with Crippen molar-refractivity contribution in [2.45, 2.75) is 31.9 Å². The summed E-state index contributed by atoms with van der Waals surface area (Å²) >= 11 is 1.79. The van der Waals surface area contributed by atoms with Gasteiger partial charge in [0, 0.05) is 12.3 Å². The first kappa shape index (κ1) is 12.5. The quantitative estimate of drug-likeness (QED) is 0.869. The van der Waals surface area contributed by atoms with Crippen LogP contribution in [0.15, 0.2) is 29.3 Å². The van der Waals surface area contributed by atoms with Gasteiger partial charge in [0.25, 0.3) is 0 Å². The van der Waals surface area contributed by atoms with Crippen LogP contribution in [0.3, 0.4) is 0 Å². The highest BCUT2D eigenvalue weighted by molar-refractivity contribution is 8.13. The van der Waals surface area contributed by atoms with Crippen LogP contribution < -0.4 is 5.32 Å². The van der Waals surface area contributed by atoms with Gasteiger partial charge < -0.3 is 5.32 Å². The van der Waals surface area contributed by atoms with E-state index in [0.29, 0.717) is 0 Å². The SMILES string of the molecule is CC(C)(C)c1ccc(CSC2=NCCN2)cc1. The number of nitrogens with one attached hydrogen (secondary N) is 1. The van der Waals surface area contributed by atoms with Gasteiger partial charge in [-0.05, 0) is 16.5 Å². The molecule has 17 heavy (non-hydrogen) atoms. The van der Waals surface area contributed by atoms with E-state index in [1.54, 1.807) is 11.8 Å². The first-order valence-electron chi connectivity index (χ1n) is 6.06. The Morgan fingerprint density at radius 1 is 1.24 bits per heavy atom. The number of amidine groups is 1. The van der Waals surface area contributed by atoms with Crippen LogP contribution in [-0.4, -0.2) is 18.3 Å². The molecule has 0 fully saturated rings. The third-order valence-electron chi connectivity index (χ3n) is 2.84. The number of hydrogen-bond acceptors (Lipinski definition) is 3. The Morgan fingerprint density at radius 3 is 2.47 bits per heavy atom. The van der Waals surface area contributed by atoms with Gasteiger partial charge in [-0.1, -0.05) is 56.8 Å². The predicted molar refractivity (Wildman–Crippen MR) is 76.7 cm³/mol. The molecule has 0 aliphatic carbocycles. The first-order chi connectivity index (χ1) is 8.05. The van der Waals surface area contributed by atoms with E-state index in [9.17, 15) is 0 Å². The second kappa shape index (κ2) is 5.13. The Bertz CT molecular complexity index is 401. The van der Waals surface area contributed by atoms with Gasteiger partial charge >= 0.3 is 0 Å². The van der Waals surface area contributed by atoms with E-state index < -0.39 is 0 Å². The zero-order valence-corrected chi connectivity index (χ0v) is 11.6. The minimum absolute atomic E-state index is 0.239. The molecule has 1 aromatic carbocycles. The van der Waals surface area contributed by atoms with Crippen molar-refractivity contribution in [3.8, 4) is 0 Å². The van der Waals surface area contributed by atoms with Crippen LogP contribution >= 0.6 is 11.8 Å². The molecule has 0 amide bonds. The largest absolute Gasteiger partial charge is 0.363 e. The standard InChI is InChI=1S/C14H20N2S/c1-14(2,3)12-6-4-11(5-7-12)10-17-13-15-8-9-16-13/h4-7H,8-10H2,1-3H3,(H,15,16). The molecule has 0 spiro atoms. The minimum atomic E-state index is 0.239. The van der Waals surface area contributed by atoms with Crippen LogP contribution in [0.25, 0.3) is 0 Å². The van der Waals surface area contributed by atoms with Crippen molar-refractivity contribution in [1.29, 1.82) is 0 Å². The monoisotopic (exact) mass is 248 g/mol. The average Bonchev–Trinajstić information content (AvgIpc) is 2.78. The van der Waals surface area contributed by atoms with E-state index in [1.807, 2.05) is 0 Å². The van der Waals surface area contributed by atoms with Gasteiger partial charge in [-0.25, -0.2) is 0 Å². The summed E-state index contributed by atoms with van der Waals surface area (Å²) in [6.07, 6.45) is 0. The normalized spacial score (nSPS) is 15.6. The fourth-order valence-electron chi connectivity index (χ4n) is 1.73. The van der Waals surface area contributed by atoms with Gasteiger partial charge in [0.1, 0.15) is 0 Å². The van der Waals surface area contributed by atoms with Gasteiger partial charge in [-0.3, -0.25) is 4.99 Å². The summed E-state index contributed by atoms with van der Waals surface area (Å²) < 4.78 is 0. The highest BCUT2D eigenvalue weighted by Gasteiger charge is 2.13. The van der Waals surface area contributed by atoms with Gasteiger partial charge in [0.05, 0.1) is 6.54 Å². The molecule has 0 radical (unpaired) electrons. The highest BCUT2D eigenvalue weighted by atomic mass is 32.2. The topological polar surface area (TPSA) is 24.4 Å². The highest BCUT2D eigenvalue weighted by Crippen LogP contribution is 2.23. The molecule has 3 heteroatoms. The van der Waals surface area contributed by atoms with Crippen LogP contribution in [0.1, 0.15) is 31.9 Å². The van der Waals surface area contributed by atoms with E-state index >= 15 is 0 Å². The number of nitrogens with zero attached hydrogens (tertiary/aromatic N) is 1. The van der Waals surface area contributed by atoms with Gasteiger partial charge in [0.15, 0.2) is 5.17 Å². The van der Waals surface area contributed by atoms with Gasteiger partial charge in [0.2, 0.25) is 0 Å². The molecule has 0 aromatic heterocycles. The molecule has 1 aromatic rings. The molecule has 1 N–H and O–H groups in total. The van der Waals surface area contributed by atoms with E-state index in [0.717, 1.165) is 24.0 Å². The molecule has 0 atom stereocenters. The number of rotatable bonds is 2. The Morgan fingerprint density at radius 2 is 1.94 bits per heavy atom. The lowest BCUT2D eigenvalue weighted by Crippen LogP contribution is -2.15. The lowest BCUT2D eigenvalue weighted by atomic mass is 9.87. The molecule has 1 heterocycles. The van der Waals surface area contributed by atoms with Crippen molar-refractivity contribution in [2.75, 3.05) is 13.1 Å². The molecular formula is C14H20N2S. The molecule has 0 bridgehead atoms. The van der Waals surface area contributed by atoms with Crippen molar-refractivity contribution in [3.63, 3.8) is 0 Å². The molecule has 92 valence electrons. The summed E-state index contributed by atoms with van der Waals surface area (Å²) in [5.74, 6) is 0.996. The molecule has 0 unspecified atom stereocenters. The van der Waals surface area contributed by atoms with Crippen molar-refractivity contribution in [3.05, 3.63) is 35.4 Å². The Hall–Kier alpha value is -0.960. The third kappa shape index (κ3) is 3.50. The number of hydrogen-bond donors (Lipinski definition) is 1. The average molecular weight is 248 g/mol. The fraction of sp³-hybridized carbons (Fsp3) is 0.500. The van der Waals surface area contributed by atoms with Crippen molar-refractivity contribution >= 4 is 16.9 Å². The Balaban J connectivity index is 1.94. The number of thioether (sulfide) groups is 1. The van der Waals surface area contributed by atoms with Crippen LogP contribution in [0.2, 0.25) is 0 Å². The zero-order chi connectivity index (χ0) is 12.3. The molecule has 1 aliphatic heterocycles. The maximum atomic E-state index is 4.38. The maximum Gasteiger partial charge on any atom is 0.157 e. The minimum Gasteiger partial charge on any atom is -0.363 e. The summed E-state index contributed by atoms with van der Waals surface area (Å²) in [7, 11) is 0. The predicted octanol–water partition coefficient (Wildman–Crippen LogP) is 3.18. The summed E-state index contributed by atoms with van der Waals surface area (Å²) in [6.45, 7) is 8.65. The second-order valence-electron chi connectivity index (χ2n) is 5.35.